The monoisotopic (exact) mass is 555 g/mol. The van der Waals surface area contributed by atoms with Crippen molar-refractivity contribution >= 4 is 40.2 Å². The summed E-state index contributed by atoms with van der Waals surface area (Å²) >= 11 is 1.33. The lowest BCUT2D eigenvalue weighted by Crippen LogP contribution is -2.38. The van der Waals surface area contributed by atoms with Gasteiger partial charge in [0.25, 0.3) is 5.69 Å². The summed E-state index contributed by atoms with van der Waals surface area (Å²) in [7, 11) is 0. The van der Waals surface area contributed by atoms with Crippen molar-refractivity contribution in [2.45, 2.75) is 25.9 Å². The minimum atomic E-state index is -0.813. The number of nitro benzene ring substituents is 1. The van der Waals surface area contributed by atoms with E-state index in [1.165, 1.54) is 23.9 Å². The number of carbonyl (C=O) groups excluding carboxylic acids is 2. The molecule has 10 nitrogen and oxygen atoms in total. The van der Waals surface area contributed by atoms with Gasteiger partial charge in [0.05, 0.1) is 47.5 Å². The number of benzene rings is 2. The fraction of sp³-hybridized carbons (Fsp3) is 0.172. The van der Waals surface area contributed by atoms with Crippen LogP contribution in [-0.2, 0) is 20.9 Å². The number of amides is 1. The summed E-state index contributed by atoms with van der Waals surface area (Å²) in [4.78, 5) is 48.6. The van der Waals surface area contributed by atoms with Gasteiger partial charge in [-0.05, 0) is 30.0 Å². The number of non-ortho nitro benzene ring substituents is 1. The zero-order chi connectivity index (χ0) is 28.1. The third-order valence-electron chi connectivity index (χ3n) is 6.28. The minimum Gasteiger partial charge on any atom is -0.463 e. The van der Waals surface area contributed by atoms with Crippen LogP contribution in [0.2, 0.25) is 0 Å². The first kappa shape index (κ1) is 26.8. The van der Waals surface area contributed by atoms with Gasteiger partial charge < -0.3 is 15.0 Å². The predicted octanol–water partition coefficient (Wildman–Crippen LogP) is 4.97. The Balaban J connectivity index is 1.56. The van der Waals surface area contributed by atoms with Crippen LogP contribution in [0.5, 0.6) is 0 Å². The molecule has 5 rings (SSSR count). The zero-order valence-corrected chi connectivity index (χ0v) is 22.3. The summed E-state index contributed by atoms with van der Waals surface area (Å²) in [5.41, 5.74) is 3.07. The number of ether oxygens (including phenoxy) is 1. The number of nitrogens with one attached hydrogen (secondary N) is 1. The second-order valence-electron chi connectivity index (χ2n) is 8.87. The lowest BCUT2D eigenvalue weighted by Gasteiger charge is -2.36. The molecule has 1 N–H and O–H groups in total. The van der Waals surface area contributed by atoms with E-state index >= 15 is 0 Å². The highest BCUT2D eigenvalue weighted by Gasteiger charge is 2.42. The molecule has 0 spiro atoms. The molecule has 202 valence electrons. The molecule has 1 amide bonds. The highest BCUT2D eigenvalue weighted by Crippen LogP contribution is 2.47. The quantitative estimate of drug-likeness (QED) is 0.223. The van der Waals surface area contributed by atoms with Crippen LogP contribution in [0, 0.1) is 10.1 Å². The first-order chi connectivity index (χ1) is 19.5. The molecule has 2 aliphatic heterocycles. The van der Waals surface area contributed by atoms with Gasteiger partial charge in [0.1, 0.15) is 0 Å². The Morgan fingerprint density at radius 1 is 1.10 bits per heavy atom. The maximum atomic E-state index is 13.5. The number of nitro groups is 1. The molecule has 1 unspecified atom stereocenters. The highest BCUT2D eigenvalue weighted by molar-refractivity contribution is 8.16. The van der Waals surface area contributed by atoms with E-state index in [0.29, 0.717) is 27.7 Å². The average Bonchev–Trinajstić information content (AvgIpc) is 3.38. The van der Waals surface area contributed by atoms with Gasteiger partial charge in [-0.1, -0.05) is 60.3 Å². The molecule has 3 heterocycles. The number of rotatable bonds is 9. The molecule has 11 heteroatoms. The van der Waals surface area contributed by atoms with E-state index in [4.69, 9.17) is 9.73 Å². The molecule has 0 saturated carbocycles. The van der Waals surface area contributed by atoms with E-state index in [1.807, 2.05) is 47.9 Å². The molecule has 0 saturated heterocycles. The Hall–Kier alpha value is -4.77. The van der Waals surface area contributed by atoms with Crippen LogP contribution >= 0.6 is 11.8 Å². The number of fused-ring (bicyclic) bond motifs is 1. The lowest BCUT2D eigenvalue weighted by molar-refractivity contribution is -0.384. The summed E-state index contributed by atoms with van der Waals surface area (Å²) in [5.74, 6) is -0.830. The predicted molar refractivity (Wildman–Crippen MR) is 151 cm³/mol. The first-order valence-corrected chi connectivity index (χ1v) is 13.5. The SMILES string of the molecule is CCOC(=O)C1=C(c2ccccc2)N=C2SC=C(CC(=O)NCc3ccccn3)N2C1c1cccc([N+](=O)[O-])c1. The van der Waals surface area contributed by atoms with E-state index in [0.717, 1.165) is 5.69 Å². The number of aromatic nitrogens is 1. The van der Waals surface area contributed by atoms with Crippen molar-refractivity contribution in [3.63, 3.8) is 0 Å². The Labute approximate surface area is 234 Å². The van der Waals surface area contributed by atoms with Gasteiger partial charge in [-0.15, -0.1) is 0 Å². The van der Waals surface area contributed by atoms with Gasteiger partial charge in [0, 0.05) is 29.6 Å². The molecular formula is C29H25N5O5S. The largest absolute Gasteiger partial charge is 0.463 e. The van der Waals surface area contributed by atoms with Crippen molar-refractivity contribution in [3.05, 3.63) is 123 Å². The molecule has 0 bridgehead atoms. The van der Waals surface area contributed by atoms with Gasteiger partial charge in [-0.3, -0.25) is 19.9 Å². The summed E-state index contributed by atoms with van der Waals surface area (Å²) in [6.45, 7) is 2.11. The summed E-state index contributed by atoms with van der Waals surface area (Å²) in [6, 6.07) is 20.0. The molecule has 2 aliphatic rings. The third-order valence-corrected chi connectivity index (χ3v) is 7.17. The third kappa shape index (κ3) is 5.64. The summed E-state index contributed by atoms with van der Waals surface area (Å²) < 4.78 is 5.48. The molecule has 2 aromatic carbocycles. The van der Waals surface area contributed by atoms with Crippen LogP contribution in [-0.4, -0.2) is 38.5 Å². The van der Waals surface area contributed by atoms with Gasteiger partial charge in [-0.25, -0.2) is 9.79 Å². The van der Waals surface area contributed by atoms with E-state index < -0.39 is 16.9 Å². The number of pyridine rings is 1. The molecule has 0 aliphatic carbocycles. The topological polar surface area (TPSA) is 127 Å². The fourth-order valence-electron chi connectivity index (χ4n) is 4.53. The molecular weight excluding hydrogens is 530 g/mol. The van der Waals surface area contributed by atoms with Gasteiger partial charge >= 0.3 is 5.97 Å². The minimum absolute atomic E-state index is 0.00105. The standard InChI is InChI=1S/C29H25N5O5S/c1-2-39-28(36)25-26(19-9-4-3-5-10-19)32-29-33(27(25)20-11-8-13-22(15-20)34(37)38)23(18-40-29)16-24(35)31-17-21-12-6-7-14-30-21/h3-15,18,27H,2,16-17H2,1H3,(H,31,35). The number of hydrogen-bond donors (Lipinski definition) is 1. The number of thioether (sulfide) groups is 1. The van der Waals surface area contributed by atoms with Crippen molar-refractivity contribution in [1.82, 2.24) is 15.2 Å². The van der Waals surface area contributed by atoms with Crippen LogP contribution < -0.4 is 5.32 Å². The molecule has 3 aromatic rings. The van der Waals surface area contributed by atoms with E-state index in [-0.39, 0.29) is 36.7 Å². The molecule has 0 fully saturated rings. The zero-order valence-electron chi connectivity index (χ0n) is 21.5. The Kier molecular flexibility index (Phi) is 8.02. The van der Waals surface area contributed by atoms with E-state index in [1.54, 1.807) is 36.2 Å². The summed E-state index contributed by atoms with van der Waals surface area (Å²) in [5, 5.41) is 16.9. The number of esters is 1. The van der Waals surface area contributed by atoms with Crippen molar-refractivity contribution in [2.75, 3.05) is 6.61 Å². The normalized spacial score (nSPS) is 16.1. The van der Waals surface area contributed by atoms with Crippen LogP contribution in [0.4, 0.5) is 5.69 Å². The second-order valence-corrected chi connectivity index (χ2v) is 9.71. The maximum Gasteiger partial charge on any atom is 0.338 e. The molecule has 40 heavy (non-hydrogen) atoms. The van der Waals surface area contributed by atoms with E-state index in [2.05, 4.69) is 10.3 Å². The van der Waals surface area contributed by atoms with Gasteiger partial charge in [0.15, 0.2) is 5.17 Å². The maximum absolute atomic E-state index is 13.5. The summed E-state index contributed by atoms with van der Waals surface area (Å²) in [6.07, 6.45) is 1.66. The lowest BCUT2D eigenvalue weighted by atomic mass is 9.91. The number of carbonyl (C=O) groups is 2. The molecule has 0 radical (unpaired) electrons. The van der Waals surface area contributed by atoms with Gasteiger partial charge in [-0.2, -0.15) is 0 Å². The Morgan fingerprint density at radius 3 is 2.62 bits per heavy atom. The Morgan fingerprint density at radius 2 is 1.90 bits per heavy atom. The van der Waals surface area contributed by atoms with Crippen LogP contribution in [0.1, 0.15) is 36.2 Å². The highest BCUT2D eigenvalue weighted by atomic mass is 32.2. The number of nitrogens with zero attached hydrogens (tertiary/aromatic N) is 4. The average molecular weight is 556 g/mol. The van der Waals surface area contributed by atoms with Crippen molar-refractivity contribution in [2.24, 2.45) is 4.99 Å². The molecule has 1 atom stereocenters. The van der Waals surface area contributed by atoms with Crippen molar-refractivity contribution in [3.8, 4) is 0 Å². The first-order valence-electron chi connectivity index (χ1n) is 12.6. The van der Waals surface area contributed by atoms with Crippen LogP contribution in [0.25, 0.3) is 5.70 Å². The van der Waals surface area contributed by atoms with Crippen LogP contribution in [0.15, 0.2) is 101 Å². The Bertz CT molecular complexity index is 1540. The second kappa shape index (κ2) is 12.0. The van der Waals surface area contributed by atoms with Gasteiger partial charge in [0.2, 0.25) is 5.91 Å². The number of hydrogen-bond acceptors (Lipinski definition) is 9. The van der Waals surface area contributed by atoms with Crippen molar-refractivity contribution in [1.29, 1.82) is 0 Å². The fourth-order valence-corrected chi connectivity index (χ4v) is 5.45. The smallest absolute Gasteiger partial charge is 0.338 e. The number of aliphatic imine (C=N–C) groups is 1. The van der Waals surface area contributed by atoms with Crippen LogP contribution in [0.3, 0.4) is 0 Å². The molecule has 1 aromatic heterocycles. The number of amidine groups is 1. The van der Waals surface area contributed by atoms with Crippen molar-refractivity contribution < 1.29 is 19.2 Å². The van der Waals surface area contributed by atoms with E-state index in [9.17, 15) is 19.7 Å².